The lowest BCUT2D eigenvalue weighted by molar-refractivity contribution is -0.137. The van der Waals surface area contributed by atoms with E-state index in [1.165, 1.54) is 18.2 Å². The van der Waals surface area contributed by atoms with Crippen molar-refractivity contribution in [2.75, 3.05) is 0 Å². The summed E-state index contributed by atoms with van der Waals surface area (Å²) >= 11 is 0. The van der Waals surface area contributed by atoms with Crippen LogP contribution in [0.25, 0.3) is 0 Å². The van der Waals surface area contributed by atoms with Crippen LogP contribution >= 0.6 is 0 Å². The van der Waals surface area contributed by atoms with Gasteiger partial charge in [0.15, 0.2) is 0 Å². The molecule has 0 amide bonds. The molecule has 0 radical (unpaired) electrons. The quantitative estimate of drug-likeness (QED) is 0.868. The highest BCUT2D eigenvalue weighted by Gasteiger charge is 2.30. The molecular formula is C14H11F3O2. The number of halogens is 3. The molecule has 0 heterocycles. The highest BCUT2D eigenvalue weighted by Crippen LogP contribution is 2.32. The SMILES string of the molecule is Cc1cc(O)cc(Oc2ccc(C(F)(F)F)cc2)c1. The molecule has 100 valence electrons. The maximum atomic E-state index is 12.4. The number of rotatable bonds is 2. The first-order valence-corrected chi connectivity index (χ1v) is 5.50. The number of aryl methyl sites for hydroxylation is 1. The normalized spacial score (nSPS) is 11.4. The lowest BCUT2D eigenvalue weighted by atomic mass is 10.2. The molecule has 2 nitrogen and oxygen atoms in total. The average Bonchev–Trinajstić information content (AvgIpc) is 2.26. The summed E-state index contributed by atoms with van der Waals surface area (Å²) in [5.74, 6) is 0.692. The first-order chi connectivity index (χ1) is 8.84. The second kappa shape index (κ2) is 4.84. The standard InChI is InChI=1S/C14H11F3O2/c1-9-6-11(18)8-13(7-9)19-12-4-2-10(3-5-12)14(15,16)17/h2-8,18H,1H3. The van der Waals surface area contributed by atoms with Crippen LogP contribution in [0.1, 0.15) is 11.1 Å². The van der Waals surface area contributed by atoms with Gasteiger partial charge in [0.2, 0.25) is 0 Å². The Morgan fingerprint density at radius 3 is 2.11 bits per heavy atom. The van der Waals surface area contributed by atoms with Crippen molar-refractivity contribution >= 4 is 0 Å². The van der Waals surface area contributed by atoms with E-state index in [9.17, 15) is 18.3 Å². The van der Waals surface area contributed by atoms with E-state index in [0.717, 1.165) is 17.7 Å². The smallest absolute Gasteiger partial charge is 0.416 e. The lowest BCUT2D eigenvalue weighted by Gasteiger charge is -2.09. The van der Waals surface area contributed by atoms with E-state index in [2.05, 4.69) is 0 Å². The van der Waals surface area contributed by atoms with E-state index in [4.69, 9.17) is 4.74 Å². The molecule has 0 unspecified atom stereocenters. The van der Waals surface area contributed by atoms with Gasteiger partial charge in [-0.1, -0.05) is 0 Å². The van der Waals surface area contributed by atoms with Crippen molar-refractivity contribution < 1.29 is 23.0 Å². The third-order valence-electron chi connectivity index (χ3n) is 2.45. The van der Waals surface area contributed by atoms with E-state index < -0.39 is 11.7 Å². The van der Waals surface area contributed by atoms with Crippen LogP contribution in [-0.2, 0) is 6.18 Å². The largest absolute Gasteiger partial charge is 0.508 e. The fraction of sp³-hybridized carbons (Fsp3) is 0.143. The average molecular weight is 268 g/mol. The molecule has 0 fully saturated rings. The van der Waals surface area contributed by atoms with Crippen LogP contribution in [0.4, 0.5) is 13.2 Å². The third-order valence-corrected chi connectivity index (χ3v) is 2.45. The molecule has 5 heteroatoms. The Morgan fingerprint density at radius 1 is 0.947 bits per heavy atom. The summed E-state index contributed by atoms with van der Waals surface area (Å²) in [5, 5.41) is 9.39. The molecule has 0 bridgehead atoms. The van der Waals surface area contributed by atoms with Gasteiger partial charge >= 0.3 is 6.18 Å². The summed E-state index contributed by atoms with van der Waals surface area (Å²) in [5.41, 5.74) is 0.0638. The number of ether oxygens (including phenoxy) is 1. The van der Waals surface area contributed by atoms with Crippen molar-refractivity contribution in [3.8, 4) is 17.2 Å². The Bertz CT molecular complexity index is 554. The fourth-order valence-electron chi connectivity index (χ4n) is 1.64. The van der Waals surface area contributed by atoms with Crippen molar-refractivity contribution in [3.63, 3.8) is 0 Å². The highest BCUT2D eigenvalue weighted by atomic mass is 19.4. The van der Waals surface area contributed by atoms with Crippen LogP contribution in [0.5, 0.6) is 17.2 Å². The predicted molar refractivity (Wildman–Crippen MR) is 64.4 cm³/mol. The molecule has 0 saturated heterocycles. The van der Waals surface area contributed by atoms with Gasteiger partial charge in [0, 0.05) is 6.07 Å². The van der Waals surface area contributed by atoms with E-state index >= 15 is 0 Å². The molecule has 0 saturated carbocycles. The van der Waals surface area contributed by atoms with E-state index in [0.29, 0.717) is 5.75 Å². The van der Waals surface area contributed by atoms with Crippen LogP contribution in [0.15, 0.2) is 42.5 Å². The number of benzene rings is 2. The Morgan fingerprint density at radius 2 is 1.58 bits per heavy atom. The molecule has 2 aromatic carbocycles. The van der Waals surface area contributed by atoms with Gasteiger partial charge in [-0.2, -0.15) is 13.2 Å². The first kappa shape index (κ1) is 13.3. The molecule has 2 rings (SSSR count). The van der Waals surface area contributed by atoms with Crippen molar-refractivity contribution in [2.24, 2.45) is 0 Å². The second-order valence-electron chi connectivity index (χ2n) is 4.13. The van der Waals surface area contributed by atoms with Crippen LogP contribution in [0.2, 0.25) is 0 Å². The van der Waals surface area contributed by atoms with E-state index in [1.807, 2.05) is 0 Å². The molecule has 1 N–H and O–H groups in total. The van der Waals surface area contributed by atoms with Gasteiger partial charge in [0.05, 0.1) is 5.56 Å². The number of hydrogen-bond acceptors (Lipinski definition) is 2. The van der Waals surface area contributed by atoms with Gasteiger partial charge in [0.1, 0.15) is 17.2 Å². The molecule has 19 heavy (non-hydrogen) atoms. The van der Waals surface area contributed by atoms with Crippen molar-refractivity contribution in [3.05, 3.63) is 53.6 Å². The molecule has 0 aliphatic carbocycles. The van der Waals surface area contributed by atoms with Crippen molar-refractivity contribution in [2.45, 2.75) is 13.1 Å². The minimum Gasteiger partial charge on any atom is -0.508 e. The fourth-order valence-corrected chi connectivity index (χ4v) is 1.64. The molecular weight excluding hydrogens is 257 g/mol. The molecule has 2 aromatic rings. The summed E-state index contributed by atoms with van der Waals surface area (Å²) < 4.78 is 42.5. The van der Waals surface area contributed by atoms with E-state index in [-0.39, 0.29) is 11.5 Å². The zero-order chi connectivity index (χ0) is 14.0. The maximum absolute atomic E-state index is 12.4. The van der Waals surface area contributed by atoms with Crippen LogP contribution in [0.3, 0.4) is 0 Å². The summed E-state index contributed by atoms with van der Waals surface area (Å²) in [6.07, 6.45) is -4.36. The molecule has 0 atom stereocenters. The number of phenolic OH excluding ortho intramolecular Hbond substituents is 1. The van der Waals surface area contributed by atoms with Gasteiger partial charge < -0.3 is 9.84 Å². The first-order valence-electron chi connectivity index (χ1n) is 5.50. The summed E-state index contributed by atoms with van der Waals surface area (Å²) in [4.78, 5) is 0. The molecule has 0 aliphatic heterocycles. The maximum Gasteiger partial charge on any atom is 0.416 e. The molecule has 0 spiro atoms. The predicted octanol–water partition coefficient (Wildman–Crippen LogP) is 4.51. The van der Waals surface area contributed by atoms with E-state index in [1.54, 1.807) is 19.1 Å². The number of phenols is 1. The van der Waals surface area contributed by atoms with Crippen molar-refractivity contribution in [1.29, 1.82) is 0 Å². The topological polar surface area (TPSA) is 29.5 Å². The van der Waals surface area contributed by atoms with Gasteiger partial charge in [-0.05, 0) is 48.9 Å². The Kier molecular flexibility index (Phi) is 3.38. The monoisotopic (exact) mass is 268 g/mol. The minimum atomic E-state index is -4.36. The Balaban J connectivity index is 2.20. The van der Waals surface area contributed by atoms with Gasteiger partial charge in [-0.15, -0.1) is 0 Å². The lowest BCUT2D eigenvalue weighted by Crippen LogP contribution is -2.03. The molecule has 0 aliphatic rings. The Hall–Kier alpha value is -2.17. The van der Waals surface area contributed by atoms with Gasteiger partial charge in [0.25, 0.3) is 0 Å². The summed E-state index contributed by atoms with van der Waals surface area (Å²) in [7, 11) is 0. The number of hydrogen-bond donors (Lipinski definition) is 1. The number of aromatic hydroxyl groups is 1. The minimum absolute atomic E-state index is 0.0434. The van der Waals surface area contributed by atoms with Crippen LogP contribution < -0.4 is 4.74 Å². The zero-order valence-corrected chi connectivity index (χ0v) is 10.0. The molecule has 0 aromatic heterocycles. The van der Waals surface area contributed by atoms with Crippen LogP contribution in [-0.4, -0.2) is 5.11 Å². The number of alkyl halides is 3. The van der Waals surface area contributed by atoms with Gasteiger partial charge in [-0.3, -0.25) is 0 Å². The third kappa shape index (κ3) is 3.40. The summed E-state index contributed by atoms with van der Waals surface area (Å²) in [6.45, 7) is 1.78. The zero-order valence-electron chi connectivity index (χ0n) is 10.0. The van der Waals surface area contributed by atoms with Gasteiger partial charge in [-0.25, -0.2) is 0 Å². The second-order valence-corrected chi connectivity index (χ2v) is 4.13. The van der Waals surface area contributed by atoms with Crippen LogP contribution in [0, 0.1) is 6.92 Å². The Labute approximate surface area is 108 Å². The van der Waals surface area contributed by atoms with Crippen molar-refractivity contribution in [1.82, 2.24) is 0 Å². The highest BCUT2D eigenvalue weighted by molar-refractivity contribution is 5.40. The summed E-state index contributed by atoms with van der Waals surface area (Å²) in [6, 6.07) is 9.00.